The van der Waals surface area contributed by atoms with E-state index in [-0.39, 0.29) is 0 Å². The second-order valence-electron chi connectivity index (χ2n) is 2.97. The monoisotopic (exact) mass is 192 g/mol. The summed E-state index contributed by atoms with van der Waals surface area (Å²) in [6.45, 7) is 0. The standard InChI is InChI=1S/C7H12O6/c1-13-7-5(11)3(9)2(8)4(10)6(7)12/h2-3,5-9,11-12H,1H3/t2?,3?,5-,6?,7-/m1/s1. The minimum atomic E-state index is -1.75. The summed E-state index contributed by atoms with van der Waals surface area (Å²) in [7, 11) is 1.19. The molecule has 0 bridgehead atoms. The molecule has 4 N–H and O–H groups in total. The van der Waals surface area contributed by atoms with Gasteiger partial charge in [-0.3, -0.25) is 4.79 Å². The van der Waals surface area contributed by atoms with Crippen molar-refractivity contribution in [3.8, 4) is 0 Å². The Bertz CT molecular complexity index is 205. The van der Waals surface area contributed by atoms with Gasteiger partial charge >= 0.3 is 0 Å². The Hall–Kier alpha value is -0.530. The number of methoxy groups -OCH3 is 1. The molecule has 1 saturated carbocycles. The Morgan fingerprint density at radius 3 is 2.08 bits per heavy atom. The Morgan fingerprint density at radius 2 is 1.62 bits per heavy atom. The van der Waals surface area contributed by atoms with Crippen LogP contribution in [0.25, 0.3) is 0 Å². The maximum Gasteiger partial charge on any atom is 0.195 e. The molecule has 13 heavy (non-hydrogen) atoms. The normalized spacial score (nSPS) is 46.5. The lowest BCUT2D eigenvalue weighted by Crippen LogP contribution is -2.62. The van der Waals surface area contributed by atoms with Crippen LogP contribution >= 0.6 is 0 Å². The maximum atomic E-state index is 11.0. The topological polar surface area (TPSA) is 107 Å². The fourth-order valence-electron chi connectivity index (χ4n) is 1.34. The maximum absolute atomic E-state index is 11.0. The summed E-state index contributed by atoms with van der Waals surface area (Å²) in [5.74, 6) is -0.940. The smallest absolute Gasteiger partial charge is 0.195 e. The van der Waals surface area contributed by atoms with E-state index in [2.05, 4.69) is 4.74 Å². The molecule has 0 saturated heterocycles. The molecule has 0 aromatic rings. The van der Waals surface area contributed by atoms with Crippen LogP contribution in [-0.2, 0) is 9.53 Å². The molecule has 6 heteroatoms. The first-order valence-corrected chi connectivity index (χ1v) is 3.79. The number of hydrogen-bond acceptors (Lipinski definition) is 6. The number of carbonyl (C=O) groups excluding carboxylic acids is 1. The Labute approximate surface area is 74.4 Å². The molecule has 1 rings (SSSR count). The van der Waals surface area contributed by atoms with Gasteiger partial charge in [0.2, 0.25) is 0 Å². The molecule has 0 amide bonds. The minimum Gasteiger partial charge on any atom is -0.387 e. The lowest BCUT2D eigenvalue weighted by atomic mass is 9.86. The molecular weight excluding hydrogens is 180 g/mol. The summed E-state index contributed by atoms with van der Waals surface area (Å²) in [6, 6.07) is 0. The van der Waals surface area contributed by atoms with Gasteiger partial charge in [0.05, 0.1) is 0 Å². The van der Waals surface area contributed by atoms with Crippen molar-refractivity contribution in [3.63, 3.8) is 0 Å². The highest BCUT2D eigenvalue weighted by Gasteiger charge is 2.48. The van der Waals surface area contributed by atoms with Crippen LogP contribution in [0, 0.1) is 0 Å². The number of carbonyl (C=O) groups is 1. The molecule has 0 aromatic carbocycles. The third-order valence-electron chi connectivity index (χ3n) is 2.18. The quantitative estimate of drug-likeness (QED) is 0.353. The van der Waals surface area contributed by atoms with E-state index in [1.807, 2.05) is 0 Å². The first-order valence-electron chi connectivity index (χ1n) is 3.79. The van der Waals surface area contributed by atoms with Gasteiger partial charge in [-0.2, -0.15) is 0 Å². The molecule has 0 heterocycles. The Balaban J connectivity index is 2.85. The molecule has 76 valence electrons. The van der Waals surface area contributed by atoms with Crippen molar-refractivity contribution in [1.82, 2.24) is 0 Å². The van der Waals surface area contributed by atoms with Gasteiger partial charge in [0.25, 0.3) is 0 Å². The first-order chi connectivity index (χ1) is 6.00. The number of aliphatic hydroxyl groups excluding tert-OH is 4. The summed E-state index contributed by atoms with van der Waals surface area (Å²) < 4.78 is 4.61. The van der Waals surface area contributed by atoms with Gasteiger partial charge in [0.15, 0.2) is 5.78 Å². The molecule has 3 unspecified atom stereocenters. The van der Waals surface area contributed by atoms with Gasteiger partial charge in [-0.05, 0) is 0 Å². The van der Waals surface area contributed by atoms with Crippen molar-refractivity contribution in [2.45, 2.75) is 30.5 Å². The summed E-state index contributed by atoms with van der Waals surface area (Å²) in [4.78, 5) is 11.0. The van der Waals surface area contributed by atoms with E-state index in [0.29, 0.717) is 0 Å². The highest BCUT2D eigenvalue weighted by molar-refractivity contribution is 5.89. The molecule has 6 nitrogen and oxygen atoms in total. The molecule has 5 atom stereocenters. The second-order valence-corrected chi connectivity index (χ2v) is 2.97. The van der Waals surface area contributed by atoms with Crippen LogP contribution < -0.4 is 0 Å². The molecule has 0 aliphatic heterocycles. The summed E-state index contributed by atoms with van der Waals surface area (Å²) in [5, 5.41) is 36.6. The third-order valence-corrected chi connectivity index (χ3v) is 2.18. The van der Waals surface area contributed by atoms with Crippen molar-refractivity contribution in [1.29, 1.82) is 0 Å². The molecule has 0 spiro atoms. The van der Waals surface area contributed by atoms with Gasteiger partial charge in [0.1, 0.15) is 30.5 Å². The SMILES string of the molecule is CO[C@H]1C(O)C(=O)C(O)C(O)[C@H]1O. The molecule has 0 radical (unpaired) electrons. The third kappa shape index (κ3) is 1.59. The zero-order chi connectivity index (χ0) is 10.2. The number of hydrogen-bond donors (Lipinski definition) is 4. The van der Waals surface area contributed by atoms with Crippen LogP contribution in [0.5, 0.6) is 0 Å². The fraction of sp³-hybridized carbons (Fsp3) is 0.857. The van der Waals surface area contributed by atoms with Crippen LogP contribution in [0.15, 0.2) is 0 Å². The number of rotatable bonds is 1. The molecule has 1 fully saturated rings. The van der Waals surface area contributed by atoms with Crippen molar-refractivity contribution in [2.24, 2.45) is 0 Å². The van der Waals surface area contributed by atoms with Crippen LogP contribution in [0.1, 0.15) is 0 Å². The predicted octanol–water partition coefficient (Wildman–Crippen LogP) is -2.97. The molecule has 1 aliphatic carbocycles. The van der Waals surface area contributed by atoms with Crippen molar-refractivity contribution >= 4 is 5.78 Å². The van der Waals surface area contributed by atoms with Crippen LogP contribution in [-0.4, -0.2) is 63.8 Å². The highest BCUT2D eigenvalue weighted by Crippen LogP contribution is 2.19. The number of ether oxygens (including phenoxy) is 1. The number of ketones is 1. The largest absolute Gasteiger partial charge is 0.387 e. The lowest BCUT2D eigenvalue weighted by Gasteiger charge is -2.36. The number of Topliss-reactive ketones (excluding diaryl/α,β-unsaturated/α-hetero) is 1. The summed E-state index contributed by atoms with van der Waals surface area (Å²) in [6.07, 6.45) is -7.62. The number of aliphatic hydroxyl groups is 4. The van der Waals surface area contributed by atoms with Crippen LogP contribution in [0.2, 0.25) is 0 Å². The van der Waals surface area contributed by atoms with Gasteiger partial charge in [0, 0.05) is 7.11 Å². The Kier molecular flexibility index (Phi) is 2.99. The van der Waals surface area contributed by atoms with E-state index in [1.165, 1.54) is 7.11 Å². The van der Waals surface area contributed by atoms with E-state index in [1.54, 1.807) is 0 Å². The van der Waals surface area contributed by atoms with Crippen molar-refractivity contribution < 1.29 is 30.0 Å². The average Bonchev–Trinajstić information content (AvgIpc) is 2.13. The summed E-state index contributed by atoms with van der Waals surface area (Å²) in [5.41, 5.74) is 0. The van der Waals surface area contributed by atoms with E-state index in [4.69, 9.17) is 10.2 Å². The predicted molar refractivity (Wildman–Crippen MR) is 39.8 cm³/mol. The second kappa shape index (κ2) is 3.69. The van der Waals surface area contributed by atoms with Crippen LogP contribution in [0.3, 0.4) is 0 Å². The minimum absolute atomic E-state index is 0.940. The lowest BCUT2D eigenvalue weighted by molar-refractivity contribution is -0.190. The zero-order valence-corrected chi connectivity index (χ0v) is 6.99. The summed E-state index contributed by atoms with van der Waals surface area (Å²) >= 11 is 0. The van der Waals surface area contributed by atoms with E-state index >= 15 is 0 Å². The van der Waals surface area contributed by atoms with Gasteiger partial charge in [-0.25, -0.2) is 0 Å². The zero-order valence-electron chi connectivity index (χ0n) is 6.99. The average molecular weight is 192 g/mol. The van der Waals surface area contributed by atoms with Gasteiger partial charge in [-0.1, -0.05) is 0 Å². The Morgan fingerprint density at radius 1 is 1.08 bits per heavy atom. The van der Waals surface area contributed by atoms with E-state index in [9.17, 15) is 15.0 Å². The first kappa shape index (κ1) is 10.6. The van der Waals surface area contributed by atoms with Crippen LogP contribution in [0.4, 0.5) is 0 Å². The van der Waals surface area contributed by atoms with E-state index < -0.39 is 36.3 Å². The molecular formula is C7H12O6. The van der Waals surface area contributed by atoms with Crippen molar-refractivity contribution in [3.05, 3.63) is 0 Å². The van der Waals surface area contributed by atoms with E-state index in [0.717, 1.165) is 0 Å². The van der Waals surface area contributed by atoms with Gasteiger partial charge in [-0.15, -0.1) is 0 Å². The van der Waals surface area contributed by atoms with Crippen molar-refractivity contribution in [2.75, 3.05) is 7.11 Å². The highest BCUT2D eigenvalue weighted by atomic mass is 16.5. The van der Waals surface area contributed by atoms with Gasteiger partial charge < -0.3 is 25.2 Å². The molecule has 1 aliphatic rings. The molecule has 0 aromatic heterocycles. The fourth-order valence-corrected chi connectivity index (χ4v) is 1.34.